The normalized spacial score (nSPS) is 20.7. The lowest BCUT2D eigenvalue weighted by molar-refractivity contribution is 0.368. The summed E-state index contributed by atoms with van der Waals surface area (Å²) in [5.41, 5.74) is 7.21. The van der Waals surface area contributed by atoms with Gasteiger partial charge in [-0.15, -0.1) is 6.42 Å². The Balaban J connectivity index is 1.32. The van der Waals surface area contributed by atoms with Crippen molar-refractivity contribution in [2.24, 2.45) is 10.9 Å². The number of nitrogens with one attached hydrogen (secondary N) is 1. The van der Waals surface area contributed by atoms with Gasteiger partial charge in [0.1, 0.15) is 12.4 Å². The minimum Gasteiger partial charge on any atom is -0.480 e. The molecule has 0 radical (unpaired) electrons. The van der Waals surface area contributed by atoms with E-state index in [1.807, 2.05) is 24.4 Å². The summed E-state index contributed by atoms with van der Waals surface area (Å²) in [6, 6.07) is 21.5. The predicted molar refractivity (Wildman–Crippen MR) is 140 cm³/mol. The van der Waals surface area contributed by atoms with Gasteiger partial charge in [0.2, 0.25) is 0 Å². The molecule has 3 atom stereocenters. The smallest absolute Gasteiger partial charge is 0.148 e. The van der Waals surface area contributed by atoms with Crippen molar-refractivity contribution in [3.8, 4) is 18.1 Å². The SMILES string of the molecule is C#CCOc1ccc(C=Nc2ccc([C@@H]3Nc4ccc(C)cc4[C@@H]4C=CC[C@@H]43)cc2)cc1Br. The Hall–Kier alpha value is -3.29. The second kappa shape index (κ2) is 9.29. The highest BCUT2D eigenvalue weighted by molar-refractivity contribution is 9.10. The molecule has 1 aliphatic heterocycles. The zero-order chi connectivity index (χ0) is 22.8. The van der Waals surface area contributed by atoms with Crippen molar-refractivity contribution < 1.29 is 4.74 Å². The third-order valence-electron chi connectivity index (χ3n) is 6.40. The molecule has 3 aromatic rings. The molecule has 164 valence electrons. The molecule has 3 nitrogen and oxygen atoms in total. The molecule has 0 spiro atoms. The maximum absolute atomic E-state index is 5.49. The van der Waals surface area contributed by atoms with Crippen molar-refractivity contribution in [3.05, 3.63) is 99.5 Å². The summed E-state index contributed by atoms with van der Waals surface area (Å²) in [4.78, 5) is 4.66. The number of aliphatic imine (C=N–C) groups is 1. The standard InChI is InChI=1S/C29H25BrN2O/c1-3-15-33-28-14-8-20(17-26(28)30)18-31-22-11-9-21(10-12-22)29-24-6-4-5-23(24)25-16-19(2)7-13-27(25)32-29/h1,4-5,7-14,16-18,23-24,29,32H,6,15H2,2H3/t23-,24+,29+/m1/s1. The molecule has 2 aliphatic rings. The van der Waals surface area contributed by atoms with Crippen LogP contribution in [0.3, 0.4) is 0 Å². The molecular weight excluding hydrogens is 472 g/mol. The van der Waals surface area contributed by atoms with Crippen LogP contribution in [0.25, 0.3) is 0 Å². The van der Waals surface area contributed by atoms with E-state index in [2.05, 4.69) is 93.7 Å². The van der Waals surface area contributed by atoms with E-state index < -0.39 is 0 Å². The molecule has 0 saturated heterocycles. The van der Waals surface area contributed by atoms with E-state index in [9.17, 15) is 0 Å². The van der Waals surface area contributed by atoms with E-state index in [-0.39, 0.29) is 6.61 Å². The van der Waals surface area contributed by atoms with Crippen molar-refractivity contribution in [2.45, 2.75) is 25.3 Å². The van der Waals surface area contributed by atoms with Gasteiger partial charge in [0.25, 0.3) is 0 Å². The molecule has 0 aromatic heterocycles. The number of ether oxygens (including phenoxy) is 1. The molecule has 0 unspecified atom stereocenters. The van der Waals surface area contributed by atoms with Crippen LogP contribution in [0, 0.1) is 25.2 Å². The molecule has 33 heavy (non-hydrogen) atoms. The van der Waals surface area contributed by atoms with Crippen LogP contribution in [0.1, 0.15) is 40.6 Å². The van der Waals surface area contributed by atoms with Gasteiger partial charge in [-0.1, -0.05) is 47.9 Å². The molecule has 0 fully saturated rings. The summed E-state index contributed by atoms with van der Waals surface area (Å²) in [6.45, 7) is 2.41. The van der Waals surface area contributed by atoms with Crippen molar-refractivity contribution in [1.82, 2.24) is 0 Å². The zero-order valence-electron chi connectivity index (χ0n) is 18.5. The number of rotatable bonds is 5. The topological polar surface area (TPSA) is 33.6 Å². The van der Waals surface area contributed by atoms with Crippen molar-refractivity contribution in [2.75, 3.05) is 11.9 Å². The highest BCUT2D eigenvalue weighted by Gasteiger charge is 2.37. The van der Waals surface area contributed by atoms with Crippen molar-refractivity contribution in [1.29, 1.82) is 0 Å². The van der Waals surface area contributed by atoms with Crippen LogP contribution in [0.4, 0.5) is 11.4 Å². The first-order valence-electron chi connectivity index (χ1n) is 11.2. The Morgan fingerprint density at radius 1 is 1.15 bits per heavy atom. The number of allylic oxidation sites excluding steroid dienone is 2. The molecule has 1 heterocycles. The average molecular weight is 497 g/mol. The number of aryl methyl sites for hydroxylation is 1. The number of halogens is 1. The number of fused-ring (bicyclic) bond motifs is 3. The first kappa shape index (κ1) is 21.6. The third-order valence-corrected chi connectivity index (χ3v) is 7.02. The Bertz CT molecular complexity index is 1270. The Morgan fingerprint density at radius 3 is 2.79 bits per heavy atom. The van der Waals surface area contributed by atoms with Gasteiger partial charge in [-0.05, 0) is 88.3 Å². The zero-order valence-corrected chi connectivity index (χ0v) is 20.0. The van der Waals surface area contributed by atoms with E-state index in [4.69, 9.17) is 11.2 Å². The molecule has 4 heteroatoms. The number of anilines is 1. The summed E-state index contributed by atoms with van der Waals surface area (Å²) in [5, 5.41) is 3.81. The fourth-order valence-corrected chi connectivity index (χ4v) is 5.31. The lowest BCUT2D eigenvalue weighted by Gasteiger charge is -2.37. The Kier molecular flexibility index (Phi) is 6.07. The molecule has 0 amide bonds. The first-order valence-corrected chi connectivity index (χ1v) is 12.0. The number of terminal acetylenes is 1. The number of hydrogen-bond acceptors (Lipinski definition) is 3. The quantitative estimate of drug-likeness (QED) is 0.227. The highest BCUT2D eigenvalue weighted by Crippen LogP contribution is 2.50. The van der Waals surface area contributed by atoms with Gasteiger partial charge in [0.05, 0.1) is 16.2 Å². The summed E-state index contributed by atoms with van der Waals surface area (Å²) < 4.78 is 6.35. The molecule has 1 N–H and O–H groups in total. The van der Waals surface area contributed by atoms with Crippen LogP contribution in [0.5, 0.6) is 5.75 Å². The molecule has 0 bridgehead atoms. The van der Waals surface area contributed by atoms with Crippen LogP contribution >= 0.6 is 15.9 Å². The van der Waals surface area contributed by atoms with E-state index in [0.717, 1.165) is 27.9 Å². The van der Waals surface area contributed by atoms with Crippen LogP contribution in [-0.2, 0) is 0 Å². The van der Waals surface area contributed by atoms with E-state index in [1.165, 1.54) is 22.4 Å². The fourth-order valence-electron chi connectivity index (χ4n) is 4.79. The van der Waals surface area contributed by atoms with E-state index >= 15 is 0 Å². The number of benzene rings is 3. The summed E-state index contributed by atoms with van der Waals surface area (Å²) in [5.74, 6) is 4.23. The van der Waals surface area contributed by atoms with Gasteiger partial charge in [-0.3, -0.25) is 4.99 Å². The van der Waals surface area contributed by atoms with E-state index in [0.29, 0.717) is 17.9 Å². The van der Waals surface area contributed by atoms with Gasteiger partial charge in [-0.2, -0.15) is 0 Å². The first-order chi connectivity index (χ1) is 16.1. The van der Waals surface area contributed by atoms with Gasteiger partial charge >= 0.3 is 0 Å². The fraction of sp³-hybridized carbons (Fsp3) is 0.207. The highest BCUT2D eigenvalue weighted by atomic mass is 79.9. The van der Waals surface area contributed by atoms with Gasteiger partial charge in [0.15, 0.2) is 0 Å². The average Bonchev–Trinajstić information content (AvgIpc) is 3.33. The lowest BCUT2D eigenvalue weighted by atomic mass is 9.76. The van der Waals surface area contributed by atoms with Gasteiger partial charge in [-0.25, -0.2) is 0 Å². The van der Waals surface area contributed by atoms with Gasteiger partial charge < -0.3 is 10.1 Å². The predicted octanol–water partition coefficient (Wildman–Crippen LogP) is 7.35. The Morgan fingerprint density at radius 2 is 2.00 bits per heavy atom. The summed E-state index contributed by atoms with van der Waals surface area (Å²) >= 11 is 3.53. The molecule has 0 saturated carbocycles. The van der Waals surface area contributed by atoms with Crippen LogP contribution in [-0.4, -0.2) is 12.8 Å². The maximum Gasteiger partial charge on any atom is 0.148 e. The molecule has 5 rings (SSSR count). The third kappa shape index (κ3) is 4.47. The van der Waals surface area contributed by atoms with Gasteiger partial charge in [0, 0.05) is 17.8 Å². The Labute approximate surface area is 203 Å². The summed E-state index contributed by atoms with van der Waals surface area (Å²) in [7, 11) is 0. The van der Waals surface area contributed by atoms with Crippen LogP contribution < -0.4 is 10.1 Å². The van der Waals surface area contributed by atoms with Crippen LogP contribution in [0.15, 0.2) is 82.3 Å². The number of hydrogen-bond donors (Lipinski definition) is 1. The second-order valence-corrected chi connectivity index (χ2v) is 9.45. The maximum atomic E-state index is 5.49. The van der Waals surface area contributed by atoms with Crippen molar-refractivity contribution >= 4 is 33.5 Å². The summed E-state index contributed by atoms with van der Waals surface area (Å²) in [6.07, 6.45) is 12.9. The minimum absolute atomic E-state index is 0.247. The largest absolute Gasteiger partial charge is 0.480 e. The number of nitrogens with zero attached hydrogens (tertiary/aromatic N) is 1. The molecule has 1 aliphatic carbocycles. The minimum atomic E-state index is 0.247. The second-order valence-electron chi connectivity index (χ2n) is 8.60. The molecular formula is C29H25BrN2O. The lowest BCUT2D eigenvalue weighted by Crippen LogP contribution is -2.29. The molecule has 3 aromatic carbocycles. The monoisotopic (exact) mass is 496 g/mol. The van der Waals surface area contributed by atoms with Crippen molar-refractivity contribution in [3.63, 3.8) is 0 Å². The van der Waals surface area contributed by atoms with Crippen LogP contribution in [0.2, 0.25) is 0 Å². The van der Waals surface area contributed by atoms with E-state index in [1.54, 1.807) is 0 Å².